The van der Waals surface area contributed by atoms with Crippen LogP contribution >= 0.6 is 11.3 Å². The second-order valence-corrected chi connectivity index (χ2v) is 5.91. The largest absolute Gasteiger partial charge is 0.392 e. The third kappa shape index (κ3) is 5.28. The van der Waals surface area contributed by atoms with Crippen molar-refractivity contribution in [2.24, 2.45) is 0 Å². The molecule has 0 aliphatic heterocycles. The van der Waals surface area contributed by atoms with Gasteiger partial charge >= 0.3 is 0 Å². The topological polar surface area (TPSA) is 62.2 Å². The van der Waals surface area contributed by atoms with Crippen molar-refractivity contribution < 1.29 is 9.90 Å². The summed E-state index contributed by atoms with van der Waals surface area (Å²) in [6.45, 7) is -0.0983. The molecule has 0 spiro atoms. The van der Waals surface area contributed by atoms with Crippen molar-refractivity contribution >= 4 is 22.9 Å². The van der Waals surface area contributed by atoms with Crippen LogP contribution in [0.25, 0.3) is 0 Å². The summed E-state index contributed by atoms with van der Waals surface area (Å²) in [4.78, 5) is 17.2. The number of pyridine rings is 1. The zero-order chi connectivity index (χ0) is 14.9. The van der Waals surface area contributed by atoms with E-state index >= 15 is 0 Å². The second kappa shape index (κ2) is 8.54. The highest BCUT2D eigenvalue weighted by atomic mass is 32.1. The van der Waals surface area contributed by atoms with Crippen molar-refractivity contribution in [2.75, 3.05) is 5.32 Å². The maximum atomic E-state index is 11.9. The Morgan fingerprint density at radius 3 is 2.95 bits per heavy atom. The first kappa shape index (κ1) is 15.7. The summed E-state index contributed by atoms with van der Waals surface area (Å²) < 4.78 is 0. The van der Waals surface area contributed by atoms with E-state index in [4.69, 9.17) is 0 Å². The predicted molar refractivity (Wildman–Crippen MR) is 85.3 cm³/mol. The number of aromatic nitrogens is 1. The Morgan fingerprint density at radius 2 is 2.19 bits per heavy atom. The molecule has 2 N–H and O–H groups in total. The highest BCUT2D eigenvalue weighted by molar-refractivity contribution is 7.09. The Hall–Kier alpha value is -1.72. The molecule has 0 fully saturated rings. The molecule has 0 saturated heterocycles. The third-order valence-corrected chi connectivity index (χ3v) is 4.20. The quantitative estimate of drug-likeness (QED) is 0.735. The number of carbonyl (C=O) groups is 1. The van der Waals surface area contributed by atoms with Crippen molar-refractivity contribution in [3.05, 3.63) is 46.4 Å². The SMILES string of the molecule is O=C(CCCCCc1cccs1)Nc1cnccc1CO. The maximum absolute atomic E-state index is 11.9. The van der Waals surface area contributed by atoms with Crippen molar-refractivity contribution in [3.63, 3.8) is 0 Å². The van der Waals surface area contributed by atoms with E-state index in [2.05, 4.69) is 27.8 Å². The van der Waals surface area contributed by atoms with E-state index in [1.54, 1.807) is 29.8 Å². The van der Waals surface area contributed by atoms with E-state index in [0.717, 1.165) is 25.7 Å². The number of anilines is 1. The van der Waals surface area contributed by atoms with Gasteiger partial charge < -0.3 is 10.4 Å². The van der Waals surface area contributed by atoms with Crippen LogP contribution in [0, 0.1) is 0 Å². The monoisotopic (exact) mass is 304 g/mol. The van der Waals surface area contributed by atoms with Gasteiger partial charge in [0.15, 0.2) is 0 Å². The zero-order valence-corrected chi connectivity index (χ0v) is 12.7. The number of amides is 1. The van der Waals surface area contributed by atoms with Crippen LogP contribution in [0.1, 0.15) is 36.1 Å². The van der Waals surface area contributed by atoms with Gasteiger partial charge in [0.05, 0.1) is 18.5 Å². The lowest BCUT2D eigenvalue weighted by Gasteiger charge is -2.08. The third-order valence-electron chi connectivity index (χ3n) is 3.26. The van der Waals surface area contributed by atoms with Crippen LogP contribution < -0.4 is 5.32 Å². The summed E-state index contributed by atoms with van der Waals surface area (Å²) in [7, 11) is 0. The number of carbonyl (C=O) groups excluding carboxylic acids is 1. The number of aryl methyl sites for hydroxylation is 1. The van der Waals surface area contributed by atoms with Gasteiger partial charge in [-0.25, -0.2) is 0 Å². The van der Waals surface area contributed by atoms with Gasteiger partial charge in [-0.1, -0.05) is 12.5 Å². The molecule has 4 nitrogen and oxygen atoms in total. The number of aliphatic hydroxyl groups is 1. The molecule has 0 aliphatic rings. The van der Waals surface area contributed by atoms with Gasteiger partial charge in [0.1, 0.15) is 0 Å². The van der Waals surface area contributed by atoms with E-state index < -0.39 is 0 Å². The van der Waals surface area contributed by atoms with E-state index in [9.17, 15) is 9.90 Å². The molecule has 2 aromatic heterocycles. The molecule has 0 bridgehead atoms. The molecule has 5 heteroatoms. The average Bonchev–Trinajstić information content (AvgIpc) is 3.01. The Labute approximate surface area is 128 Å². The molecule has 1 amide bonds. The van der Waals surface area contributed by atoms with Crippen LogP contribution in [0.4, 0.5) is 5.69 Å². The summed E-state index contributed by atoms with van der Waals surface area (Å²) in [5.74, 6) is -0.0196. The normalized spacial score (nSPS) is 10.5. The van der Waals surface area contributed by atoms with Crippen LogP contribution in [0.3, 0.4) is 0 Å². The molecule has 0 aliphatic carbocycles. The van der Waals surface area contributed by atoms with Crippen molar-refractivity contribution in [3.8, 4) is 0 Å². The first-order chi connectivity index (χ1) is 10.3. The zero-order valence-electron chi connectivity index (χ0n) is 11.9. The van der Waals surface area contributed by atoms with Gasteiger partial charge in [0.25, 0.3) is 0 Å². The number of hydrogen-bond donors (Lipinski definition) is 2. The molecule has 0 atom stereocenters. The smallest absolute Gasteiger partial charge is 0.224 e. The van der Waals surface area contributed by atoms with Crippen molar-refractivity contribution in [2.45, 2.75) is 38.7 Å². The molecule has 21 heavy (non-hydrogen) atoms. The molecular formula is C16H20N2O2S. The Balaban J connectivity index is 1.65. The number of nitrogens with zero attached hydrogens (tertiary/aromatic N) is 1. The van der Waals surface area contributed by atoms with Crippen LogP contribution in [0.2, 0.25) is 0 Å². The highest BCUT2D eigenvalue weighted by Crippen LogP contribution is 2.15. The number of unbranched alkanes of at least 4 members (excludes halogenated alkanes) is 2. The molecular weight excluding hydrogens is 284 g/mol. The first-order valence-electron chi connectivity index (χ1n) is 7.15. The highest BCUT2D eigenvalue weighted by Gasteiger charge is 2.06. The summed E-state index contributed by atoms with van der Waals surface area (Å²) in [5.41, 5.74) is 1.29. The van der Waals surface area contributed by atoms with E-state index in [-0.39, 0.29) is 12.5 Å². The summed E-state index contributed by atoms with van der Waals surface area (Å²) in [6.07, 6.45) is 7.81. The minimum absolute atomic E-state index is 0.0196. The number of rotatable bonds is 8. The molecule has 0 saturated carbocycles. The van der Waals surface area contributed by atoms with Gasteiger partial charge in [-0.3, -0.25) is 9.78 Å². The van der Waals surface area contributed by atoms with Gasteiger partial charge in [-0.15, -0.1) is 11.3 Å². The molecule has 112 valence electrons. The number of thiophene rings is 1. The molecule has 0 radical (unpaired) electrons. The lowest BCUT2D eigenvalue weighted by molar-refractivity contribution is -0.116. The van der Waals surface area contributed by atoms with E-state index in [0.29, 0.717) is 17.7 Å². The lowest BCUT2D eigenvalue weighted by atomic mass is 10.1. The van der Waals surface area contributed by atoms with Gasteiger partial charge in [0, 0.05) is 23.1 Å². The Bertz CT molecular complexity index is 555. The molecule has 2 aromatic rings. The minimum Gasteiger partial charge on any atom is -0.392 e. The van der Waals surface area contributed by atoms with Crippen LogP contribution in [0.5, 0.6) is 0 Å². The minimum atomic E-state index is -0.0983. The van der Waals surface area contributed by atoms with E-state index in [1.165, 1.54) is 4.88 Å². The summed E-state index contributed by atoms with van der Waals surface area (Å²) in [5, 5.41) is 14.1. The van der Waals surface area contributed by atoms with Gasteiger partial charge in [-0.2, -0.15) is 0 Å². The number of nitrogens with one attached hydrogen (secondary N) is 1. The lowest BCUT2D eigenvalue weighted by Crippen LogP contribution is -2.13. The fraction of sp³-hybridized carbons (Fsp3) is 0.375. The molecule has 0 aromatic carbocycles. The predicted octanol–water partition coefficient (Wildman–Crippen LogP) is 3.38. The summed E-state index contributed by atoms with van der Waals surface area (Å²) in [6, 6.07) is 5.92. The molecule has 2 rings (SSSR count). The van der Waals surface area contributed by atoms with Crippen molar-refractivity contribution in [1.29, 1.82) is 0 Å². The standard InChI is InChI=1S/C16H20N2O2S/c19-12-13-8-9-17-11-15(13)18-16(20)7-3-1-2-5-14-6-4-10-21-14/h4,6,8-11,19H,1-3,5,7,12H2,(H,18,20). The molecule has 2 heterocycles. The molecule has 0 unspecified atom stereocenters. The Kier molecular flexibility index (Phi) is 6.37. The second-order valence-electron chi connectivity index (χ2n) is 4.88. The van der Waals surface area contributed by atoms with Crippen LogP contribution in [-0.4, -0.2) is 16.0 Å². The van der Waals surface area contributed by atoms with Crippen molar-refractivity contribution in [1.82, 2.24) is 4.98 Å². The maximum Gasteiger partial charge on any atom is 0.224 e. The fourth-order valence-corrected chi connectivity index (χ4v) is 2.85. The van der Waals surface area contributed by atoms with Crippen LogP contribution in [0.15, 0.2) is 36.0 Å². The fourth-order valence-electron chi connectivity index (χ4n) is 2.10. The number of aliphatic hydroxyl groups excluding tert-OH is 1. The average molecular weight is 304 g/mol. The van der Waals surface area contributed by atoms with E-state index in [1.807, 2.05) is 0 Å². The van der Waals surface area contributed by atoms with Gasteiger partial charge in [-0.05, 0) is 36.8 Å². The first-order valence-corrected chi connectivity index (χ1v) is 8.03. The number of hydrogen-bond acceptors (Lipinski definition) is 4. The van der Waals surface area contributed by atoms with Crippen LogP contribution in [-0.2, 0) is 17.8 Å². The Morgan fingerprint density at radius 1 is 1.29 bits per heavy atom. The van der Waals surface area contributed by atoms with Gasteiger partial charge in [0.2, 0.25) is 5.91 Å². The summed E-state index contributed by atoms with van der Waals surface area (Å²) >= 11 is 1.78.